The first kappa shape index (κ1) is 20.8. The Hall–Kier alpha value is -2.93. The van der Waals surface area contributed by atoms with Gasteiger partial charge in [-0.1, -0.05) is 30.3 Å². The molecule has 2 amide bonds. The van der Waals surface area contributed by atoms with Crippen molar-refractivity contribution in [1.29, 1.82) is 0 Å². The smallest absolute Gasteiger partial charge is 0.222 e. The van der Waals surface area contributed by atoms with Crippen molar-refractivity contribution in [2.45, 2.75) is 46.3 Å². The molecule has 3 rings (SSSR count). The molecule has 0 aliphatic heterocycles. The predicted molar refractivity (Wildman–Crippen MR) is 115 cm³/mol. The second kappa shape index (κ2) is 9.52. The van der Waals surface area contributed by atoms with Gasteiger partial charge in [-0.2, -0.15) is 5.10 Å². The molecule has 0 saturated carbocycles. The van der Waals surface area contributed by atoms with Gasteiger partial charge < -0.3 is 10.6 Å². The van der Waals surface area contributed by atoms with Crippen LogP contribution in [0, 0.1) is 13.8 Å². The van der Waals surface area contributed by atoms with Gasteiger partial charge in [0.25, 0.3) is 0 Å². The van der Waals surface area contributed by atoms with Crippen LogP contribution in [0.15, 0.2) is 47.8 Å². The number of aryl methyl sites for hydroxylation is 2. The average molecular weight is 411 g/mol. The van der Waals surface area contributed by atoms with E-state index < -0.39 is 0 Å². The van der Waals surface area contributed by atoms with Crippen molar-refractivity contribution in [2.75, 3.05) is 0 Å². The summed E-state index contributed by atoms with van der Waals surface area (Å²) >= 11 is 1.53. The molecule has 0 bridgehead atoms. The molecule has 0 spiro atoms. The van der Waals surface area contributed by atoms with Crippen molar-refractivity contribution >= 4 is 23.2 Å². The molecule has 1 aromatic carbocycles. The average Bonchev–Trinajstić information content (AvgIpc) is 3.30. The molecule has 0 saturated heterocycles. The Kier molecular flexibility index (Phi) is 6.82. The molecule has 1 atom stereocenters. The summed E-state index contributed by atoms with van der Waals surface area (Å²) in [6.45, 7) is 6.64. The largest absolute Gasteiger partial charge is 0.352 e. The molecule has 7 heteroatoms. The van der Waals surface area contributed by atoms with Crippen molar-refractivity contribution in [3.8, 4) is 0 Å². The normalized spacial score (nSPS) is 11.8. The lowest BCUT2D eigenvalue weighted by molar-refractivity contribution is -0.122. The van der Waals surface area contributed by atoms with Crippen molar-refractivity contribution in [3.63, 3.8) is 0 Å². The minimum Gasteiger partial charge on any atom is -0.352 e. The van der Waals surface area contributed by atoms with Crippen LogP contribution in [0.1, 0.15) is 46.8 Å². The molecule has 2 aromatic heterocycles. The maximum atomic E-state index is 12.5. The quantitative estimate of drug-likeness (QED) is 0.597. The lowest BCUT2D eigenvalue weighted by Gasteiger charge is -2.16. The van der Waals surface area contributed by atoms with Crippen molar-refractivity contribution in [1.82, 2.24) is 20.4 Å². The fourth-order valence-electron chi connectivity index (χ4n) is 3.26. The summed E-state index contributed by atoms with van der Waals surface area (Å²) in [6.07, 6.45) is 0.214. The molecule has 0 radical (unpaired) electrons. The van der Waals surface area contributed by atoms with E-state index >= 15 is 0 Å². The van der Waals surface area contributed by atoms with E-state index in [4.69, 9.17) is 0 Å². The number of aromatic nitrogens is 2. The first-order valence-corrected chi connectivity index (χ1v) is 10.4. The fraction of sp³-hybridized carbons (Fsp3) is 0.318. The number of nitrogens with one attached hydrogen (secondary N) is 2. The highest BCUT2D eigenvalue weighted by atomic mass is 32.1. The van der Waals surface area contributed by atoms with Gasteiger partial charge in [-0.3, -0.25) is 14.3 Å². The Balaban J connectivity index is 1.58. The molecule has 3 aromatic rings. The molecular formula is C22H26N4O2S. The Labute approximate surface area is 175 Å². The highest BCUT2D eigenvalue weighted by Crippen LogP contribution is 2.22. The summed E-state index contributed by atoms with van der Waals surface area (Å²) in [6, 6.07) is 13.7. The topological polar surface area (TPSA) is 76.0 Å². The van der Waals surface area contributed by atoms with E-state index in [1.807, 2.05) is 48.2 Å². The number of rotatable bonds is 8. The van der Waals surface area contributed by atoms with Crippen LogP contribution in [-0.2, 0) is 22.7 Å². The number of amides is 2. The number of nitrogens with zero attached hydrogens (tertiary/aromatic N) is 2. The van der Waals surface area contributed by atoms with E-state index in [1.54, 1.807) is 0 Å². The highest BCUT2D eigenvalue weighted by molar-refractivity contribution is 7.10. The third-order valence-corrected chi connectivity index (χ3v) is 5.56. The van der Waals surface area contributed by atoms with Gasteiger partial charge in [0.2, 0.25) is 11.8 Å². The monoisotopic (exact) mass is 410 g/mol. The van der Waals surface area contributed by atoms with Gasteiger partial charge in [-0.05, 0) is 42.5 Å². The van der Waals surface area contributed by atoms with Crippen molar-refractivity contribution in [2.24, 2.45) is 0 Å². The molecule has 2 heterocycles. The van der Waals surface area contributed by atoms with Crippen LogP contribution >= 0.6 is 11.3 Å². The first-order valence-electron chi connectivity index (χ1n) is 9.57. The molecular weight excluding hydrogens is 384 g/mol. The van der Waals surface area contributed by atoms with Crippen LogP contribution in [0.5, 0.6) is 0 Å². The second-order valence-corrected chi connectivity index (χ2v) is 8.13. The van der Waals surface area contributed by atoms with Gasteiger partial charge in [-0.15, -0.1) is 11.3 Å². The zero-order valence-corrected chi connectivity index (χ0v) is 17.8. The van der Waals surface area contributed by atoms with Crippen molar-refractivity contribution < 1.29 is 9.59 Å². The van der Waals surface area contributed by atoms with E-state index in [1.165, 1.54) is 18.3 Å². The molecule has 6 nitrogen and oxygen atoms in total. The number of carbonyl (C=O) groups is 2. The lowest BCUT2D eigenvalue weighted by Crippen LogP contribution is -2.32. The zero-order chi connectivity index (χ0) is 20.8. The molecule has 1 unspecified atom stereocenters. The van der Waals surface area contributed by atoms with Crippen LogP contribution in [0.3, 0.4) is 0 Å². The van der Waals surface area contributed by atoms with Crippen LogP contribution in [0.25, 0.3) is 0 Å². The maximum absolute atomic E-state index is 12.5. The number of carbonyl (C=O) groups excluding carboxylic acids is 2. The summed E-state index contributed by atoms with van der Waals surface area (Å²) < 4.78 is 1.98. The Morgan fingerprint density at radius 3 is 2.59 bits per heavy atom. The van der Waals surface area contributed by atoms with E-state index in [9.17, 15) is 9.59 Å². The fourth-order valence-corrected chi connectivity index (χ4v) is 4.04. The van der Waals surface area contributed by atoms with Crippen LogP contribution in [0.2, 0.25) is 0 Å². The van der Waals surface area contributed by atoms with Crippen LogP contribution in [0.4, 0.5) is 0 Å². The molecule has 29 heavy (non-hydrogen) atoms. The zero-order valence-electron chi connectivity index (χ0n) is 16.9. The van der Waals surface area contributed by atoms with E-state index in [2.05, 4.69) is 33.9 Å². The minimum absolute atomic E-state index is 0.0962. The van der Waals surface area contributed by atoms with E-state index in [-0.39, 0.29) is 24.3 Å². The van der Waals surface area contributed by atoms with Gasteiger partial charge in [0.15, 0.2) is 0 Å². The number of hydrogen-bond donors (Lipinski definition) is 2. The molecule has 0 aliphatic rings. The SMILES string of the molecule is CC(=O)NC(CC(=O)NCc1cccc(Cn2nc(C)cc2C)c1)c1cccs1. The Morgan fingerprint density at radius 1 is 1.14 bits per heavy atom. The van der Waals surface area contributed by atoms with E-state index in [0.29, 0.717) is 13.1 Å². The number of hydrogen-bond acceptors (Lipinski definition) is 4. The van der Waals surface area contributed by atoms with Crippen molar-refractivity contribution in [3.05, 3.63) is 75.2 Å². The molecule has 0 aliphatic carbocycles. The summed E-state index contributed by atoms with van der Waals surface area (Å²) in [5.41, 5.74) is 4.30. The molecule has 0 fully saturated rings. The molecule has 2 N–H and O–H groups in total. The van der Waals surface area contributed by atoms with Crippen LogP contribution in [-0.4, -0.2) is 21.6 Å². The Bertz CT molecular complexity index is 979. The van der Waals surface area contributed by atoms with Gasteiger partial charge >= 0.3 is 0 Å². The Morgan fingerprint density at radius 2 is 1.93 bits per heavy atom. The maximum Gasteiger partial charge on any atom is 0.222 e. The summed E-state index contributed by atoms with van der Waals surface area (Å²) in [5, 5.41) is 12.3. The lowest BCUT2D eigenvalue weighted by atomic mass is 10.1. The van der Waals surface area contributed by atoms with Gasteiger partial charge in [0.05, 0.1) is 24.7 Å². The third-order valence-electron chi connectivity index (χ3n) is 4.57. The standard InChI is InChI=1S/C22H26N4O2S/c1-15-10-16(2)26(25-15)14-19-7-4-6-18(11-19)13-23-22(28)12-20(24-17(3)27)21-8-5-9-29-21/h4-11,20H,12-14H2,1-3H3,(H,23,28)(H,24,27). The third kappa shape index (κ3) is 6.02. The summed E-state index contributed by atoms with van der Waals surface area (Å²) in [4.78, 5) is 24.9. The van der Waals surface area contributed by atoms with E-state index in [0.717, 1.165) is 27.4 Å². The second-order valence-electron chi connectivity index (χ2n) is 7.15. The highest BCUT2D eigenvalue weighted by Gasteiger charge is 2.17. The predicted octanol–water partition coefficient (Wildman–Crippen LogP) is 3.49. The first-order chi connectivity index (χ1) is 13.9. The number of benzene rings is 1. The van der Waals surface area contributed by atoms with Gasteiger partial charge in [0.1, 0.15) is 0 Å². The van der Waals surface area contributed by atoms with Gasteiger partial charge in [-0.25, -0.2) is 0 Å². The number of thiophene rings is 1. The van der Waals surface area contributed by atoms with Crippen LogP contribution < -0.4 is 10.6 Å². The minimum atomic E-state index is -0.301. The summed E-state index contributed by atoms with van der Waals surface area (Å²) in [5.74, 6) is -0.242. The van der Waals surface area contributed by atoms with Gasteiger partial charge in [0, 0.05) is 24.0 Å². The molecule has 152 valence electrons. The summed E-state index contributed by atoms with van der Waals surface area (Å²) in [7, 11) is 0.